The topological polar surface area (TPSA) is 38.7 Å². The summed E-state index contributed by atoms with van der Waals surface area (Å²) in [5.74, 6) is 0.686. The molecule has 0 amide bonds. The van der Waals surface area contributed by atoms with Crippen LogP contribution < -0.4 is 0 Å². The Morgan fingerprint density at radius 1 is 0.386 bits per heavy atom. The van der Waals surface area contributed by atoms with Gasteiger partial charge >= 0.3 is 0 Å². The molecule has 268 valence electrons. The first kappa shape index (κ1) is 33.5. The summed E-state index contributed by atoms with van der Waals surface area (Å²) in [6, 6.07) is 63.0. The third-order valence-corrected chi connectivity index (χ3v) is 13.3. The highest BCUT2D eigenvalue weighted by atomic mass is 32.1. The number of pyridine rings is 1. The van der Waals surface area contributed by atoms with Gasteiger partial charge in [0.1, 0.15) is 0 Å². The molecule has 5 heteroatoms. The summed E-state index contributed by atoms with van der Waals surface area (Å²) in [5.41, 5.74) is 12.7. The van der Waals surface area contributed by atoms with Gasteiger partial charge in [-0.1, -0.05) is 133 Å². The maximum atomic E-state index is 5.36. The first-order valence-electron chi connectivity index (χ1n) is 19.1. The van der Waals surface area contributed by atoms with Crippen LogP contribution in [0.2, 0.25) is 0 Å². The Morgan fingerprint density at radius 3 is 1.49 bits per heavy atom. The maximum absolute atomic E-state index is 5.36. The first-order valence-corrected chi connectivity index (χ1v) is 20.7. The average Bonchev–Trinajstić information content (AvgIpc) is 3.85. The van der Waals surface area contributed by atoms with Gasteiger partial charge in [-0.3, -0.25) is 4.98 Å². The lowest BCUT2D eigenvalue weighted by atomic mass is 9.94. The van der Waals surface area contributed by atoms with Crippen LogP contribution in [0.1, 0.15) is 5.56 Å². The highest BCUT2D eigenvalue weighted by Gasteiger charge is 2.18. The van der Waals surface area contributed by atoms with Crippen molar-refractivity contribution in [3.8, 4) is 67.4 Å². The van der Waals surface area contributed by atoms with E-state index >= 15 is 0 Å². The quantitative estimate of drug-likeness (QED) is 0.169. The van der Waals surface area contributed by atoms with Crippen LogP contribution in [-0.2, 0) is 0 Å². The minimum Gasteiger partial charge on any atom is -0.256 e. The second-order valence-electron chi connectivity index (χ2n) is 14.4. The van der Waals surface area contributed by atoms with Crippen molar-refractivity contribution < 1.29 is 0 Å². The third kappa shape index (κ3) is 5.91. The van der Waals surface area contributed by atoms with Gasteiger partial charge in [0.05, 0.1) is 17.1 Å². The van der Waals surface area contributed by atoms with Gasteiger partial charge in [-0.2, -0.15) is 0 Å². The van der Waals surface area contributed by atoms with E-state index in [4.69, 9.17) is 9.97 Å². The molecule has 0 aliphatic heterocycles. The van der Waals surface area contributed by atoms with E-state index in [9.17, 15) is 0 Å². The number of aromatic nitrogens is 3. The molecular weight excluding hydrogens is 731 g/mol. The number of aryl methyl sites for hydroxylation is 1. The zero-order valence-electron chi connectivity index (χ0n) is 31.0. The number of fused-ring (bicyclic) bond motifs is 6. The van der Waals surface area contributed by atoms with Crippen LogP contribution in [0.3, 0.4) is 0 Å². The van der Waals surface area contributed by atoms with E-state index in [-0.39, 0.29) is 0 Å². The van der Waals surface area contributed by atoms with E-state index in [1.54, 1.807) is 0 Å². The fraction of sp³-hybridized carbons (Fsp3) is 0.0192. The van der Waals surface area contributed by atoms with Gasteiger partial charge in [0.2, 0.25) is 0 Å². The van der Waals surface area contributed by atoms with Gasteiger partial charge in [0, 0.05) is 68.8 Å². The molecule has 0 aliphatic carbocycles. The minimum absolute atomic E-state index is 0.686. The first-order chi connectivity index (χ1) is 28.1. The molecule has 0 N–H and O–H groups in total. The molecule has 0 aliphatic rings. The molecule has 3 nitrogen and oxygen atoms in total. The molecule has 4 heterocycles. The van der Waals surface area contributed by atoms with Crippen molar-refractivity contribution in [1.82, 2.24) is 15.0 Å². The number of rotatable bonds is 6. The van der Waals surface area contributed by atoms with Gasteiger partial charge in [-0.15, -0.1) is 22.7 Å². The molecule has 0 atom stereocenters. The number of benzene rings is 7. The van der Waals surface area contributed by atoms with Crippen molar-refractivity contribution in [2.75, 3.05) is 0 Å². The van der Waals surface area contributed by atoms with Gasteiger partial charge in [-0.05, 0) is 77.2 Å². The summed E-state index contributed by atoms with van der Waals surface area (Å²) < 4.78 is 5.15. The maximum Gasteiger partial charge on any atom is 0.160 e. The van der Waals surface area contributed by atoms with Crippen molar-refractivity contribution >= 4 is 63.0 Å². The fourth-order valence-electron chi connectivity index (χ4n) is 8.08. The van der Waals surface area contributed by atoms with Crippen LogP contribution >= 0.6 is 22.7 Å². The van der Waals surface area contributed by atoms with E-state index in [1.807, 2.05) is 41.0 Å². The number of nitrogens with zero attached hydrogens (tertiary/aromatic N) is 3. The van der Waals surface area contributed by atoms with Crippen LogP contribution in [0.15, 0.2) is 182 Å². The predicted octanol–water partition coefficient (Wildman–Crippen LogP) is 14.9. The SMILES string of the molecule is Cc1cccnc1-c1ccc(-c2cc(-c3ccccc3)nc(-c3cc(-c4cccc5c4sc4ccccc45)cc(-c4cccc5c4sc4ccccc45)c3)n2)cc1. The second-order valence-corrected chi connectivity index (χ2v) is 16.5. The van der Waals surface area contributed by atoms with Crippen LogP contribution in [-0.4, -0.2) is 15.0 Å². The van der Waals surface area contributed by atoms with Gasteiger partial charge < -0.3 is 0 Å². The summed E-state index contributed by atoms with van der Waals surface area (Å²) in [6.45, 7) is 2.10. The second kappa shape index (κ2) is 13.7. The molecule has 57 heavy (non-hydrogen) atoms. The Balaban J connectivity index is 1.15. The molecule has 4 aromatic heterocycles. The Kier molecular flexibility index (Phi) is 8.09. The van der Waals surface area contributed by atoms with Crippen molar-refractivity contribution in [2.45, 2.75) is 6.92 Å². The van der Waals surface area contributed by atoms with Crippen molar-refractivity contribution in [2.24, 2.45) is 0 Å². The number of hydrogen-bond donors (Lipinski definition) is 0. The Bertz CT molecular complexity index is 3170. The molecule has 11 rings (SSSR count). The monoisotopic (exact) mass is 763 g/mol. The molecule has 11 aromatic rings. The van der Waals surface area contributed by atoms with Crippen LogP contribution in [0, 0.1) is 6.92 Å². The predicted molar refractivity (Wildman–Crippen MR) is 243 cm³/mol. The summed E-state index contributed by atoms with van der Waals surface area (Å²) in [4.78, 5) is 15.3. The molecule has 0 radical (unpaired) electrons. The van der Waals surface area contributed by atoms with Gasteiger partial charge in [0.25, 0.3) is 0 Å². The molecule has 0 unspecified atom stereocenters. The van der Waals surface area contributed by atoms with E-state index in [0.717, 1.165) is 56.0 Å². The molecule has 0 bridgehead atoms. The van der Waals surface area contributed by atoms with Gasteiger partial charge in [-0.25, -0.2) is 9.97 Å². The third-order valence-electron chi connectivity index (χ3n) is 10.9. The van der Waals surface area contributed by atoms with Crippen LogP contribution in [0.4, 0.5) is 0 Å². The summed E-state index contributed by atoms with van der Waals surface area (Å²) in [5, 5.41) is 5.14. The zero-order chi connectivity index (χ0) is 37.9. The highest BCUT2D eigenvalue weighted by Crippen LogP contribution is 2.45. The Morgan fingerprint density at radius 2 is 0.895 bits per heavy atom. The average molecular weight is 764 g/mol. The minimum atomic E-state index is 0.686. The molecule has 0 saturated heterocycles. The molecular formula is C52H33N3S2. The lowest BCUT2D eigenvalue weighted by Crippen LogP contribution is -1.97. The van der Waals surface area contributed by atoms with Crippen LogP contribution in [0.5, 0.6) is 0 Å². The summed E-state index contributed by atoms with van der Waals surface area (Å²) >= 11 is 3.72. The van der Waals surface area contributed by atoms with E-state index < -0.39 is 0 Å². The molecule has 0 fully saturated rings. The van der Waals surface area contributed by atoms with Crippen LogP contribution in [0.25, 0.3) is 108 Å². The standard InChI is InChI=1S/C52H33N3S2/c1-32-12-11-27-53-49(32)35-25-23-34(24-26-35)46-31-45(33-13-3-2-4-14-33)54-52(55-46)38-29-36(39-17-9-19-43-41-15-5-7-21-47(41)56-50(39)43)28-37(30-38)40-18-10-20-44-42-16-6-8-22-48(42)57-51(40)44/h2-31H,1H3. The van der Waals surface area contributed by atoms with Crippen molar-refractivity contribution in [3.05, 3.63) is 188 Å². The van der Waals surface area contributed by atoms with E-state index in [2.05, 4.69) is 176 Å². The molecule has 7 aromatic carbocycles. The summed E-state index contributed by atoms with van der Waals surface area (Å²) in [6.07, 6.45) is 1.85. The molecule has 0 saturated carbocycles. The lowest BCUT2D eigenvalue weighted by molar-refractivity contribution is 1.18. The lowest BCUT2D eigenvalue weighted by Gasteiger charge is -2.14. The number of hydrogen-bond acceptors (Lipinski definition) is 5. The molecule has 0 spiro atoms. The Hall–Kier alpha value is -6.79. The van der Waals surface area contributed by atoms with E-state index in [1.165, 1.54) is 51.5 Å². The van der Waals surface area contributed by atoms with E-state index in [0.29, 0.717) is 5.82 Å². The fourth-order valence-corrected chi connectivity index (χ4v) is 10.6. The highest BCUT2D eigenvalue weighted by molar-refractivity contribution is 7.26. The normalized spacial score (nSPS) is 11.6. The smallest absolute Gasteiger partial charge is 0.160 e. The summed E-state index contributed by atoms with van der Waals surface area (Å²) in [7, 11) is 0. The Labute approximate surface area is 338 Å². The number of thiophene rings is 2. The van der Waals surface area contributed by atoms with Crippen molar-refractivity contribution in [1.29, 1.82) is 0 Å². The zero-order valence-corrected chi connectivity index (χ0v) is 32.6. The van der Waals surface area contributed by atoms with Gasteiger partial charge in [0.15, 0.2) is 5.82 Å². The van der Waals surface area contributed by atoms with Crippen molar-refractivity contribution in [3.63, 3.8) is 0 Å². The largest absolute Gasteiger partial charge is 0.256 e.